The summed E-state index contributed by atoms with van der Waals surface area (Å²) in [6.45, 7) is 5.90. The molecule has 4 N–H and O–H groups in total. The molecule has 2 atom stereocenters. The van der Waals surface area contributed by atoms with E-state index < -0.39 is 11.9 Å². The van der Waals surface area contributed by atoms with Gasteiger partial charge in [0.15, 0.2) is 0 Å². The van der Waals surface area contributed by atoms with Crippen LogP contribution in [0.3, 0.4) is 0 Å². The predicted octanol–water partition coefficient (Wildman–Crippen LogP) is 2.41. The minimum absolute atomic E-state index is 0.259. The van der Waals surface area contributed by atoms with Crippen molar-refractivity contribution in [2.24, 2.45) is 5.92 Å². The number of nitrogens with one attached hydrogen (secondary N) is 1. The van der Waals surface area contributed by atoms with Gasteiger partial charge in [-0.2, -0.15) is 0 Å². The Hall–Kier alpha value is -3.08. The molecule has 1 aromatic heterocycles. The standard InChI is InChI=1S/C21H31N5O.2C2H4O2/c1-25(2)20-9-8-18(16-27)13-26(15-20)14-19-11-23-21(24-12-19)22-10-17-6-4-3-5-7-17;2*1-2(3)4/h3-7,11-12,18,20,27H,8-10,13-16H2,1-2H3,(H,22,23,24);2*1H3,(H,3,4)/t18-,20+;;/m0../s1. The van der Waals surface area contributed by atoms with Crippen LogP contribution in [0.4, 0.5) is 5.95 Å². The fourth-order valence-corrected chi connectivity index (χ4v) is 3.61. The number of aromatic nitrogens is 2. The summed E-state index contributed by atoms with van der Waals surface area (Å²) in [5.41, 5.74) is 2.32. The van der Waals surface area contributed by atoms with Crippen LogP contribution in [-0.2, 0) is 22.7 Å². The Morgan fingerprint density at radius 3 is 2.09 bits per heavy atom. The van der Waals surface area contributed by atoms with Crippen LogP contribution in [0.2, 0.25) is 0 Å². The van der Waals surface area contributed by atoms with Gasteiger partial charge < -0.3 is 25.5 Å². The normalized spacial score (nSPS) is 17.8. The minimum Gasteiger partial charge on any atom is -0.481 e. The Bertz CT molecular complexity index is 844. The number of hydrogen-bond donors (Lipinski definition) is 4. The van der Waals surface area contributed by atoms with Crippen molar-refractivity contribution in [1.29, 1.82) is 0 Å². The summed E-state index contributed by atoms with van der Waals surface area (Å²) in [4.78, 5) is 31.7. The Morgan fingerprint density at radius 1 is 1.00 bits per heavy atom. The van der Waals surface area contributed by atoms with Crippen LogP contribution in [0.1, 0.15) is 37.8 Å². The molecular weight excluding hydrogens is 450 g/mol. The molecule has 35 heavy (non-hydrogen) atoms. The third-order valence-corrected chi connectivity index (χ3v) is 5.29. The number of anilines is 1. The molecule has 1 aromatic carbocycles. The first-order valence-electron chi connectivity index (χ1n) is 11.6. The summed E-state index contributed by atoms with van der Waals surface area (Å²) in [5.74, 6) is -0.666. The fourth-order valence-electron chi connectivity index (χ4n) is 3.61. The second-order valence-corrected chi connectivity index (χ2v) is 8.73. The number of carbonyl (C=O) groups is 2. The molecule has 10 nitrogen and oxygen atoms in total. The molecule has 0 saturated carbocycles. The lowest BCUT2D eigenvalue weighted by atomic mass is 10.0. The van der Waals surface area contributed by atoms with Gasteiger partial charge >= 0.3 is 0 Å². The molecule has 1 saturated heterocycles. The first kappa shape index (κ1) is 30.0. The van der Waals surface area contributed by atoms with E-state index in [0.29, 0.717) is 17.9 Å². The van der Waals surface area contributed by atoms with Crippen LogP contribution in [0, 0.1) is 5.92 Å². The van der Waals surface area contributed by atoms with E-state index in [1.165, 1.54) is 5.56 Å². The van der Waals surface area contributed by atoms with Gasteiger partial charge in [0.2, 0.25) is 5.95 Å². The molecule has 0 spiro atoms. The first-order valence-corrected chi connectivity index (χ1v) is 11.6. The largest absolute Gasteiger partial charge is 0.481 e. The van der Waals surface area contributed by atoms with Crippen molar-refractivity contribution < 1.29 is 24.9 Å². The molecule has 2 aromatic rings. The maximum atomic E-state index is 9.64. The van der Waals surface area contributed by atoms with E-state index in [1.807, 2.05) is 30.6 Å². The second kappa shape index (κ2) is 16.5. The first-order chi connectivity index (χ1) is 16.6. The van der Waals surface area contributed by atoms with Gasteiger partial charge in [-0.25, -0.2) is 9.97 Å². The van der Waals surface area contributed by atoms with Crippen molar-refractivity contribution in [3.63, 3.8) is 0 Å². The molecule has 2 heterocycles. The van der Waals surface area contributed by atoms with Crippen molar-refractivity contribution in [3.8, 4) is 0 Å². The van der Waals surface area contributed by atoms with Gasteiger partial charge in [0.1, 0.15) is 0 Å². The number of rotatable bonds is 7. The van der Waals surface area contributed by atoms with E-state index in [9.17, 15) is 5.11 Å². The zero-order valence-electron chi connectivity index (χ0n) is 21.1. The summed E-state index contributed by atoms with van der Waals surface area (Å²) >= 11 is 0. The van der Waals surface area contributed by atoms with Crippen LogP contribution in [-0.4, -0.2) is 86.9 Å². The minimum atomic E-state index is -0.833. The van der Waals surface area contributed by atoms with Gasteiger partial charge in [-0.15, -0.1) is 0 Å². The van der Waals surface area contributed by atoms with E-state index in [0.717, 1.165) is 58.4 Å². The molecule has 0 amide bonds. The van der Waals surface area contributed by atoms with Gasteiger partial charge in [-0.05, 0) is 38.4 Å². The summed E-state index contributed by atoms with van der Waals surface area (Å²) in [5, 5.41) is 27.7. The molecule has 194 valence electrons. The lowest BCUT2D eigenvalue weighted by molar-refractivity contribution is -0.135. The van der Waals surface area contributed by atoms with Crippen LogP contribution in [0.5, 0.6) is 0 Å². The number of carboxylic acids is 2. The summed E-state index contributed by atoms with van der Waals surface area (Å²) in [6.07, 6.45) is 6.02. The number of aliphatic hydroxyl groups is 1. The average molecular weight is 490 g/mol. The molecule has 0 unspecified atom stereocenters. The Kier molecular flexibility index (Phi) is 14.1. The molecule has 3 rings (SSSR count). The third kappa shape index (κ3) is 14.0. The Morgan fingerprint density at radius 2 is 1.57 bits per heavy atom. The number of nitrogens with zero attached hydrogens (tertiary/aromatic N) is 4. The maximum absolute atomic E-state index is 9.64. The van der Waals surface area contributed by atoms with E-state index in [4.69, 9.17) is 19.8 Å². The van der Waals surface area contributed by atoms with Crippen molar-refractivity contribution in [2.45, 2.75) is 45.8 Å². The molecule has 1 aliphatic heterocycles. The number of hydrogen-bond acceptors (Lipinski definition) is 8. The topological polar surface area (TPSA) is 139 Å². The van der Waals surface area contributed by atoms with E-state index in [1.54, 1.807) is 0 Å². The highest BCUT2D eigenvalue weighted by Crippen LogP contribution is 2.20. The number of aliphatic hydroxyl groups excluding tert-OH is 1. The smallest absolute Gasteiger partial charge is 0.300 e. The van der Waals surface area contributed by atoms with Gasteiger partial charge in [0.05, 0.1) is 0 Å². The quantitative estimate of drug-likeness (QED) is 0.458. The van der Waals surface area contributed by atoms with Crippen LogP contribution in [0.15, 0.2) is 42.7 Å². The van der Waals surface area contributed by atoms with Crippen molar-refractivity contribution in [2.75, 3.05) is 39.1 Å². The second-order valence-electron chi connectivity index (χ2n) is 8.73. The maximum Gasteiger partial charge on any atom is 0.300 e. The zero-order valence-corrected chi connectivity index (χ0v) is 21.1. The molecule has 0 aliphatic carbocycles. The van der Waals surface area contributed by atoms with Gasteiger partial charge in [0, 0.05) is 70.6 Å². The van der Waals surface area contributed by atoms with Gasteiger partial charge in [-0.1, -0.05) is 30.3 Å². The summed E-state index contributed by atoms with van der Waals surface area (Å²) in [7, 11) is 4.27. The molecular formula is C25H39N5O5. The van der Waals surface area contributed by atoms with Gasteiger partial charge in [0.25, 0.3) is 11.9 Å². The van der Waals surface area contributed by atoms with Crippen LogP contribution in [0.25, 0.3) is 0 Å². The van der Waals surface area contributed by atoms with E-state index >= 15 is 0 Å². The number of carboxylic acid groups (broad SMARTS) is 2. The summed E-state index contributed by atoms with van der Waals surface area (Å²) in [6, 6.07) is 10.8. The highest BCUT2D eigenvalue weighted by molar-refractivity contribution is 5.63. The monoisotopic (exact) mass is 489 g/mol. The van der Waals surface area contributed by atoms with E-state index in [2.05, 4.69) is 51.3 Å². The predicted molar refractivity (Wildman–Crippen MR) is 135 cm³/mol. The van der Waals surface area contributed by atoms with E-state index in [-0.39, 0.29) is 6.61 Å². The zero-order chi connectivity index (χ0) is 26.2. The highest BCUT2D eigenvalue weighted by Gasteiger charge is 2.25. The Balaban J connectivity index is 0.000000668. The van der Waals surface area contributed by atoms with Crippen molar-refractivity contribution in [1.82, 2.24) is 19.8 Å². The highest BCUT2D eigenvalue weighted by atomic mass is 16.4. The third-order valence-electron chi connectivity index (χ3n) is 5.29. The van der Waals surface area contributed by atoms with Crippen LogP contribution >= 0.6 is 0 Å². The number of aliphatic carboxylic acids is 2. The molecule has 10 heteroatoms. The number of benzene rings is 1. The number of likely N-dealkylation sites (tertiary alicyclic amines) is 1. The lowest BCUT2D eigenvalue weighted by Gasteiger charge is -2.28. The molecule has 1 fully saturated rings. The molecule has 1 aliphatic rings. The van der Waals surface area contributed by atoms with Crippen molar-refractivity contribution in [3.05, 3.63) is 53.9 Å². The Labute approximate surface area is 207 Å². The average Bonchev–Trinajstić information content (AvgIpc) is 3.01. The fraction of sp³-hybridized carbons (Fsp3) is 0.520. The van der Waals surface area contributed by atoms with Crippen molar-refractivity contribution >= 4 is 17.9 Å². The molecule has 0 bridgehead atoms. The lowest BCUT2D eigenvalue weighted by Crippen LogP contribution is -2.39. The van der Waals surface area contributed by atoms with Gasteiger partial charge in [-0.3, -0.25) is 14.5 Å². The number of likely N-dealkylation sites (N-methyl/N-ethyl adjacent to an activating group) is 1. The van der Waals surface area contributed by atoms with Crippen LogP contribution < -0.4 is 5.32 Å². The SMILES string of the molecule is CC(=O)O.CC(=O)O.CN(C)[C@@H]1CC[C@H](CO)CN(Cc2cnc(NCc3ccccc3)nc2)C1. The molecule has 0 radical (unpaired) electrons. The summed E-state index contributed by atoms with van der Waals surface area (Å²) < 4.78 is 0.